The molecule has 7 nitrogen and oxygen atoms in total. The van der Waals surface area contributed by atoms with Crippen LogP contribution in [-0.4, -0.2) is 31.4 Å². The number of phenols is 1. The van der Waals surface area contributed by atoms with Crippen LogP contribution in [0.25, 0.3) is 0 Å². The normalized spacial score (nSPS) is 10.8. The molecule has 0 bridgehead atoms. The quantitative estimate of drug-likeness (QED) is 0.358. The smallest absolute Gasteiger partial charge is 0.271 e. The SMILES string of the molecule is COc1cc(C(=O)N/N=C\c2ccc(OC)c(COc3cc(C)c(Cl)c(C)c3)c2)ccc1O. The Labute approximate surface area is 197 Å². The Hall–Kier alpha value is -3.71. The van der Waals surface area contributed by atoms with Gasteiger partial charge in [0.1, 0.15) is 18.1 Å². The molecule has 3 aromatic rings. The van der Waals surface area contributed by atoms with Crippen molar-refractivity contribution in [2.45, 2.75) is 20.5 Å². The molecular weight excluding hydrogens is 444 g/mol. The molecule has 1 amide bonds. The van der Waals surface area contributed by atoms with E-state index < -0.39 is 5.91 Å². The van der Waals surface area contributed by atoms with Crippen LogP contribution in [0.5, 0.6) is 23.0 Å². The summed E-state index contributed by atoms with van der Waals surface area (Å²) in [5.74, 6) is 1.11. The van der Waals surface area contributed by atoms with Crippen LogP contribution < -0.4 is 19.6 Å². The minimum Gasteiger partial charge on any atom is -0.504 e. The predicted molar refractivity (Wildman–Crippen MR) is 128 cm³/mol. The molecule has 0 aromatic heterocycles. The third-order valence-electron chi connectivity index (χ3n) is 4.93. The number of halogens is 1. The molecule has 33 heavy (non-hydrogen) atoms. The molecule has 0 spiro atoms. The van der Waals surface area contributed by atoms with Gasteiger partial charge in [0.05, 0.1) is 20.4 Å². The number of ether oxygens (including phenoxy) is 3. The van der Waals surface area contributed by atoms with Gasteiger partial charge in [0.25, 0.3) is 5.91 Å². The van der Waals surface area contributed by atoms with Crippen molar-refractivity contribution in [1.29, 1.82) is 0 Å². The predicted octanol–water partition coefficient (Wildman–Crippen LogP) is 5.02. The summed E-state index contributed by atoms with van der Waals surface area (Å²) < 4.78 is 16.4. The van der Waals surface area contributed by atoms with Gasteiger partial charge in [-0.1, -0.05) is 11.6 Å². The van der Waals surface area contributed by atoms with Crippen molar-refractivity contribution in [1.82, 2.24) is 5.43 Å². The van der Waals surface area contributed by atoms with Gasteiger partial charge < -0.3 is 19.3 Å². The number of carbonyl (C=O) groups excluding carboxylic acids is 1. The molecule has 0 unspecified atom stereocenters. The Morgan fingerprint density at radius 3 is 2.39 bits per heavy atom. The Morgan fingerprint density at radius 2 is 1.73 bits per heavy atom. The topological polar surface area (TPSA) is 89.4 Å². The molecule has 0 fully saturated rings. The summed E-state index contributed by atoms with van der Waals surface area (Å²) in [5, 5.41) is 14.4. The van der Waals surface area contributed by atoms with E-state index in [9.17, 15) is 9.90 Å². The number of aromatic hydroxyl groups is 1. The summed E-state index contributed by atoms with van der Waals surface area (Å²) in [6.45, 7) is 4.15. The highest BCUT2D eigenvalue weighted by molar-refractivity contribution is 6.32. The zero-order chi connectivity index (χ0) is 24.0. The fraction of sp³-hybridized carbons (Fsp3) is 0.200. The molecule has 3 rings (SSSR count). The molecule has 0 atom stereocenters. The molecule has 0 saturated heterocycles. The number of hydrazone groups is 1. The highest BCUT2D eigenvalue weighted by atomic mass is 35.5. The molecule has 0 heterocycles. The Bertz CT molecular complexity index is 1170. The van der Waals surface area contributed by atoms with Crippen LogP contribution in [0.4, 0.5) is 0 Å². The van der Waals surface area contributed by atoms with Gasteiger partial charge in [0.15, 0.2) is 11.5 Å². The van der Waals surface area contributed by atoms with Crippen LogP contribution in [0.3, 0.4) is 0 Å². The first kappa shape index (κ1) is 23.9. The van der Waals surface area contributed by atoms with E-state index in [1.54, 1.807) is 7.11 Å². The highest BCUT2D eigenvalue weighted by Gasteiger charge is 2.10. The monoisotopic (exact) mass is 468 g/mol. The highest BCUT2D eigenvalue weighted by Crippen LogP contribution is 2.28. The number of rotatable bonds is 8. The van der Waals surface area contributed by atoms with Gasteiger partial charge in [-0.05, 0) is 79.1 Å². The van der Waals surface area contributed by atoms with Crippen molar-refractivity contribution in [3.05, 3.63) is 81.4 Å². The van der Waals surface area contributed by atoms with Gasteiger partial charge in [-0.15, -0.1) is 0 Å². The maximum absolute atomic E-state index is 12.3. The molecule has 0 aliphatic heterocycles. The number of nitrogens with one attached hydrogen (secondary N) is 1. The summed E-state index contributed by atoms with van der Waals surface area (Å²) in [7, 11) is 3.00. The number of amides is 1. The first-order valence-electron chi connectivity index (χ1n) is 10.1. The van der Waals surface area contributed by atoms with Gasteiger partial charge in [-0.25, -0.2) is 5.43 Å². The molecular formula is C25H25ClN2O5. The maximum Gasteiger partial charge on any atom is 0.271 e. The van der Waals surface area contributed by atoms with E-state index in [1.165, 1.54) is 31.5 Å². The second kappa shape index (κ2) is 10.7. The Morgan fingerprint density at radius 1 is 1.03 bits per heavy atom. The number of phenolic OH excluding ortho intramolecular Hbond substituents is 1. The van der Waals surface area contributed by atoms with E-state index in [-0.39, 0.29) is 18.1 Å². The summed E-state index contributed by atoms with van der Waals surface area (Å²) in [6.07, 6.45) is 1.52. The first-order chi connectivity index (χ1) is 15.8. The summed E-state index contributed by atoms with van der Waals surface area (Å²) in [5.41, 5.74) is 6.23. The molecule has 0 radical (unpaired) electrons. The van der Waals surface area contributed by atoms with E-state index in [4.69, 9.17) is 25.8 Å². The minimum atomic E-state index is -0.435. The maximum atomic E-state index is 12.3. The van der Waals surface area contributed by atoms with Crippen molar-refractivity contribution in [3.8, 4) is 23.0 Å². The number of methoxy groups -OCH3 is 2. The lowest BCUT2D eigenvalue weighted by Crippen LogP contribution is -2.17. The number of benzene rings is 3. The molecule has 0 aliphatic rings. The molecule has 8 heteroatoms. The van der Waals surface area contributed by atoms with Crippen molar-refractivity contribution in [2.75, 3.05) is 14.2 Å². The van der Waals surface area contributed by atoms with Gasteiger partial charge >= 0.3 is 0 Å². The summed E-state index contributed by atoms with van der Waals surface area (Å²) in [6, 6.07) is 13.6. The lowest BCUT2D eigenvalue weighted by atomic mass is 10.1. The lowest BCUT2D eigenvalue weighted by molar-refractivity contribution is 0.0954. The van der Waals surface area contributed by atoms with Gasteiger partial charge in [-0.2, -0.15) is 5.10 Å². The van der Waals surface area contributed by atoms with Crippen LogP contribution in [0.2, 0.25) is 5.02 Å². The van der Waals surface area contributed by atoms with Crippen molar-refractivity contribution >= 4 is 23.7 Å². The molecule has 172 valence electrons. The van der Waals surface area contributed by atoms with E-state index in [1.807, 2.05) is 44.2 Å². The molecule has 2 N–H and O–H groups in total. The average molecular weight is 469 g/mol. The van der Waals surface area contributed by atoms with Crippen molar-refractivity contribution in [2.24, 2.45) is 5.10 Å². The number of hydrogen-bond donors (Lipinski definition) is 2. The van der Waals surface area contributed by atoms with Gasteiger partial charge in [0.2, 0.25) is 0 Å². The third-order valence-corrected chi connectivity index (χ3v) is 5.53. The fourth-order valence-electron chi connectivity index (χ4n) is 3.19. The average Bonchev–Trinajstić information content (AvgIpc) is 2.81. The van der Waals surface area contributed by atoms with Crippen molar-refractivity contribution in [3.63, 3.8) is 0 Å². The standard InChI is InChI=1S/C25H25ClN2O5/c1-15-9-20(10-16(2)24(15)26)33-14-19-11-17(5-8-22(19)31-3)13-27-28-25(30)18-6-7-21(29)23(12-18)32-4/h5-13,29H,14H2,1-4H3,(H,28,30)/b27-13-. The largest absolute Gasteiger partial charge is 0.504 e. The summed E-state index contributed by atoms with van der Waals surface area (Å²) in [4.78, 5) is 12.3. The van der Waals surface area contributed by atoms with Crippen LogP contribution in [0.1, 0.15) is 32.6 Å². The van der Waals surface area contributed by atoms with Crippen LogP contribution in [0, 0.1) is 13.8 Å². The Kier molecular flexibility index (Phi) is 7.79. The number of aryl methyl sites for hydroxylation is 2. The Balaban J connectivity index is 1.70. The minimum absolute atomic E-state index is 0.0468. The zero-order valence-electron chi connectivity index (χ0n) is 18.8. The summed E-state index contributed by atoms with van der Waals surface area (Å²) >= 11 is 6.23. The van der Waals surface area contributed by atoms with E-state index in [2.05, 4.69) is 10.5 Å². The first-order valence-corrected chi connectivity index (χ1v) is 10.5. The van der Waals surface area contributed by atoms with Gasteiger partial charge in [0, 0.05) is 16.1 Å². The second-order valence-corrected chi connectivity index (χ2v) is 7.69. The van der Waals surface area contributed by atoms with Crippen molar-refractivity contribution < 1.29 is 24.1 Å². The molecule has 0 aliphatic carbocycles. The molecule has 3 aromatic carbocycles. The second-order valence-electron chi connectivity index (χ2n) is 7.32. The van der Waals surface area contributed by atoms with Crippen LogP contribution in [-0.2, 0) is 6.61 Å². The zero-order valence-corrected chi connectivity index (χ0v) is 19.6. The lowest BCUT2D eigenvalue weighted by Gasteiger charge is -2.13. The van der Waals surface area contributed by atoms with Gasteiger partial charge in [-0.3, -0.25) is 4.79 Å². The van der Waals surface area contributed by atoms with Crippen LogP contribution >= 0.6 is 11.6 Å². The number of nitrogens with zero attached hydrogens (tertiary/aromatic N) is 1. The molecule has 0 saturated carbocycles. The van der Waals surface area contributed by atoms with E-state index >= 15 is 0 Å². The number of carbonyl (C=O) groups is 1. The van der Waals surface area contributed by atoms with Crippen LogP contribution in [0.15, 0.2) is 53.6 Å². The van der Waals surface area contributed by atoms with E-state index in [0.717, 1.165) is 27.3 Å². The third kappa shape index (κ3) is 5.96. The fourth-order valence-corrected chi connectivity index (χ4v) is 3.30. The van der Waals surface area contributed by atoms with E-state index in [0.29, 0.717) is 17.1 Å². The number of hydrogen-bond acceptors (Lipinski definition) is 6.